The van der Waals surface area contributed by atoms with Gasteiger partial charge in [-0.1, -0.05) is 13.8 Å². The lowest BCUT2D eigenvalue weighted by Gasteiger charge is -2.28. The summed E-state index contributed by atoms with van der Waals surface area (Å²) in [4.78, 5) is 0. The van der Waals surface area contributed by atoms with E-state index in [1.807, 2.05) is 13.8 Å². The molecule has 0 saturated heterocycles. The summed E-state index contributed by atoms with van der Waals surface area (Å²) in [7, 11) is -0.973. The van der Waals surface area contributed by atoms with Crippen molar-refractivity contribution in [2.24, 2.45) is 0 Å². The molecule has 0 rings (SSSR count). The van der Waals surface area contributed by atoms with E-state index in [0.717, 1.165) is 0 Å². The van der Waals surface area contributed by atoms with Gasteiger partial charge >= 0.3 is 8.25 Å². The van der Waals surface area contributed by atoms with Crippen molar-refractivity contribution in [3.8, 4) is 0 Å². The maximum Gasteiger partial charge on any atom is 0.716 e. The van der Waals surface area contributed by atoms with Crippen LogP contribution in [0.4, 0.5) is 0 Å². The summed E-state index contributed by atoms with van der Waals surface area (Å²) in [6, 6.07) is 0. The minimum absolute atomic E-state index is 0.142. The number of hydrogen-bond donors (Lipinski definition) is 2. The van der Waals surface area contributed by atoms with Gasteiger partial charge < -0.3 is 10.2 Å². The number of aliphatic hydroxyl groups excluding tert-OH is 1. The Morgan fingerprint density at radius 1 is 1.38 bits per heavy atom. The van der Waals surface area contributed by atoms with Gasteiger partial charge in [-0.3, -0.25) is 0 Å². The smallest absolute Gasteiger partial charge is 0.395 e. The minimum atomic E-state index is -2.24. The SMILES string of the molecule is CCC(O)(CC)CN(CCO)O[P+](=O)OC. The molecule has 0 amide bonds. The highest BCUT2D eigenvalue weighted by molar-refractivity contribution is 7.33. The van der Waals surface area contributed by atoms with Crippen molar-refractivity contribution in [3.63, 3.8) is 0 Å². The van der Waals surface area contributed by atoms with E-state index in [4.69, 9.17) is 9.73 Å². The third-order valence-corrected chi connectivity index (χ3v) is 3.13. The second-order valence-electron chi connectivity index (χ2n) is 3.51. The van der Waals surface area contributed by atoms with Crippen LogP contribution in [0.3, 0.4) is 0 Å². The highest BCUT2D eigenvalue weighted by Gasteiger charge is 2.31. The fourth-order valence-electron chi connectivity index (χ4n) is 1.19. The number of aliphatic hydroxyl groups is 2. The molecular weight excluding hydrogens is 233 g/mol. The molecule has 0 fully saturated rings. The lowest BCUT2D eigenvalue weighted by Crippen LogP contribution is -2.42. The summed E-state index contributed by atoms with van der Waals surface area (Å²) in [5.41, 5.74) is -0.904. The Kier molecular flexibility index (Phi) is 8.01. The first-order chi connectivity index (χ1) is 7.51. The molecule has 0 aliphatic carbocycles. The zero-order chi connectivity index (χ0) is 12.6. The molecule has 0 bridgehead atoms. The highest BCUT2D eigenvalue weighted by atomic mass is 31.1. The van der Waals surface area contributed by atoms with E-state index in [1.54, 1.807) is 0 Å². The van der Waals surface area contributed by atoms with Crippen LogP contribution in [0.5, 0.6) is 0 Å². The Balaban J connectivity index is 4.36. The first-order valence-corrected chi connectivity index (χ1v) is 6.38. The van der Waals surface area contributed by atoms with Crippen LogP contribution < -0.4 is 0 Å². The van der Waals surface area contributed by atoms with Crippen LogP contribution in [0.15, 0.2) is 0 Å². The maximum atomic E-state index is 11.1. The fraction of sp³-hybridized carbons (Fsp3) is 1.00. The van der Waals surface area contributed by atoms with E-state index in [-0.39, 0.29) is 19.7 Å². The number of nitrogens with zero attached hydrogens (tertiary/aromatic N) is 1. The molecule has 0 saturated carbocycles. The average Bonchev–Trinajstić information content (AvgIpc) is 2.29. The molecule has 0 aromatic rings. The van der Waals surface area contributed by atoms with Gasteiger partial charge in [0.15, 0.2) is 0 Å². The molecule has 1 unspecified atom stereocenters. The van der Waals surface area contributed by atoms with Gasteiger partial charge in [-0.2, -0.15) is 0 Å². The van der Waals surface area contributed by atoms with Crippen molar-refractivity contribution < 1.29 is 23.9 Å². The Labute approximate surface area is 97.1 Å². The van der Waals surface area contributed by atoms with Gasteiger partial charge in [-0.25, -0.2) is 0 Å². The summed E-state index contributed by atoms with van der Waals surface area (Å²) in [5.74, 6) is 0. The van der Waals surface area contributed by atoms with Crippen molar-refractivity contribution in [2.45, 2.75) is 32.3 Å². The highest BCUT2D eigenvalue weighted by Crippen LogP contribution is 2.26. The number of hydrogen-bond acceptors (Lipinski definition) is 6. The molecule has 0 radical (unpaired) electrons. The predicted octanol–water partition coefficient (Wildman–Crippen LogP) is 1.07. The third-order valence-electron chi connectivity index (χ3n) is 2.47. The maximum absolute atomic E-state index is 11.1. The van der Waals surface area contributed by atoms with Crippen molar-refractivity contribution in [2.75, 3.05) is 26.8 Å². The summed E-state index contributed by atoms with van der Waals surface area (Å²) in [6.07, 6.45) is 1.11. The second-order valence-corrected chi connectivity index (χ2v) is 4.48. The first kappa shape index (κ1) is 15.9. The van der Waals surface area contributed by atoms with E-state index >= 15 is 0 Å². The van der Waals surface area contributed by atoms with Crippen molar-refractivity contribution in [3.05, 3.63) is 0 Å². The molecule has 96 valence electrons. The molecule has 0 heterocycles. The summed E-state index contributed by atoms with van der Waals surface area (Å²) < 4.78 is 20.5. The van der Waals surface area contributed by atoms with Gasteiger partial charge in [0.1, 0.15) is 0 Å². The van der Waals surface area contributed by atoms with Crippen molar-refractivity contribution in [1.82, 2.24) is 5.06 Å². The van der Waals surface area contributed by atoms with E-state index in [0.29, 0.717) is 12.8 Å². The normalized spacial score (nSPS) is 13.2. The fourth-order valence-corrected chi connectivity index (χ4v) is 1.58. The largest absolute Gasteiger partial charge is 0.716 e. The molecule has 1 atom stereocenters. The van der Waals surface area contributed by atoms with Gasteiger partial charge in [0, 0.05) is 4.57 Å². The third kappa shape index (κ3) is 5.84. The van der Waals surface area contributed by atoms with E-state index < -0.39 is 13.9 Å². The molecule has 0 spiro atoms. The van der Waals surface area contributed by atoms with Gasteiger partial charge in [0.05, 0.1) is 32.4 Å². The first-order valence-electron chi connectivity index (χ1n) is 5.29. The van der Waals surface area contributed by atoms with Crippen LogP contribution in [0.2, 0.25) is 0 Å². The lowest BCUT2D eigenvalue weighted by atomic mass is 9.97. The average molecular weight is 254 g/mol. The Hall–Kier alpha value is -0.100. The number of rotatable bonds is 9. The van der Waals surface area contributed by atoms with Crippen LogP contribution in [-0.4, -0.2) is 47.7 Å². The van der Waals surface area contributed by atoms with E-state index in [1.165, 1.54) is 12.2 Å². The van der Waals surface area contributed by atoms with Gasteiger partial charge in [-0.15, -0.1) is 9.59 Å². The molecule has 0 aliphatic heterocycles. The zero-order valence-corrected chi connectivity index (χ0v) is 10.9. The van der Waals surface area contributed by atoms with Crippen LogP contribution in [0.1, 0.15) is 26.7 Å². The van der Waals surface area contributed by atoms with Crippen LogP contribution in [-0.2, 0) is 13.7 Å². The monoisotopic (exact) mass is 254 g/mol. The van der Waals surface area contributed by atoms with Crippen LogP contribution in [0.25, 0.3) is 0 Å². The topological polar surface area (TPSA) is 79.2 Å². The minimum Gasteiger partial charge on any atom is -0.395 e. The van der Waals surface area contributed by atoms with E-state index in [2.05, 4.69) is 4.52 Å². The molecule has 6 nitrogen and oxygen atoms in total. The Morgan fingerprint density at radius 2 is 1.94 bits per heavy atom. The lowest BCUT2D eigenvalue weighted by molar-refractivity contribution is -0.125. The van der Waals surface area contributed by atoms with Gasteiger partial charge in [-0.05, 0) is 17.5 Å². The predicted molar refractivity (Wildman–Crippen MR) is 59.9 cm³/mol. The van der Waals surface area contributed by atoms with Gasteiger partial charge in [0.25, 0.3) is 0 Å². The molecule has 0 aromatic heterocycles. The Bertz CT molecular complexity index is 210. The molecule has 2 N–H and O–H groups in total. The van der Waals surface area contributed by atoms with E-state index in [9.17, 15) is 9.67 Å². The summed E-state index contributed by atoms with van der Waals surface area (Å²) >= 11 is 0. The van der Waals surface area contributed by atoms with Crippen LogP contribution >= 0.6 is 8.25 Å². The molecule has 0 aliphatic rings. The quantitative estimate of drug-likeness (QED) is 0.473. The molecule has 16 heavy (non-hydrogen) atoms. The summed E-state index contributed by atoms with van der Waals surface area (Å²) in [6.45, 7) is 3.93. The molecule has 7 heteroatoms. The van der Waals surface area contributed by atoms with Crippen LogP contribution in [0, 0.1) is 0 Å². The van der Waals surface area contributed by atoms with Crippen molar-refractivity contribution >= 4 is 8.25 Å². The molecule has 0 aromatic carbocycles. The van der Waals surface area contributed by atoms with Crippen molar-refractivity contribution in [1.29, 1.82) is 0 Å². The van der Waals surface area contributed by atoms with Gasteiger partial charge in [0.2, 0.25) is 0 Å². The standard InChI is InChI=1S/C9H21NO5P/c1-4-9(12,5-2)8-10(6-7-11)15-16(13)14-3/h11-12H,4-8H2,1-3H3/q+1. The summed E-state index contributed by atoms with van der Waals surface area (Å²) in [5, 5.41) is 20.2. The Morgan fingerprint density at radius 3 is 2.31 bits per heavy atom. The second kappa shape index (κ2) is 8.06. The zero-order valence-electron chi connectivity index (χ0n) is 10.0. The number of hydroxylamine groups is 2. The molecular formula is C9H21NO5P+.